The summed E-state index contributed by atoms with van der Waals surface area (Å²) in [5.74, 6) is -0.218. The molecule has 0 amide bonds. The van der Waals surface area contributed by atoms with Crippen LogP contribution < -0.4 is 9.88 Å². The Balaban J connectivity index is 3.68. The van der Waals surface area contributed by atoms with Crippen LogP contribution in [0.3, 0.4) is 0 Å². The normalized spacial score (nSPS) is 10.9. The maximum Gasteiger partial charge on any atom is 0.312 e. The van der Waals surface area contributed by atoms with Crippen molar-refractivity contribution in [3.63, 3.8) is 0 Å². The number of hydrogen-bond acceptors (Lipinski definition) is 6. The lowest BCUT2D eigenvalue weighted by molar-refractivity contribution is -0.386. The summed E-state index contributed by atoms with van der Waals surface area (Å²) in [5, 5.41) is 15.5. The van der Waals surface area contributed by atoms with Gasteiger partial charge in [0.25, 0.3) is 0 Å². The third-order valence-corrected chi connectivity index (χ3v) is 2.91. The molecule has 0 atom stereocenters. The van der Waals surface area contributed by atoms with Crippen LogP contribution in [0.1, 0.15) is 10.4 Å². The molecule has 8 nitrogen and oxygen atoms in total. The number of sulfonamides is 1. The van der Waals surface area contributed by atoms with Gasteiger partial charge in [0.1, 0.15) is 0 Å². The molecule has 0 saturated carbocycles. The Hall–Kier alpha value is -2.00. The number of primary sulfonamides is 1. The van der Waals surface area contributed by atoms with Gasteiger partial charge in [0.05, 0.1) is 16.9 Å². The molecule has 0 aliphatic carbocycles. The first-order chi connectivity index (χ1) is 7.81. The Morgan fingerprint density at radius 1 is 1.47 bits per heavy atom. The molecule has 92 valence electrons. The van der Waals surface area contributed by atoms with E-state index in [0.29, 0.717) is 6.07 Å². The number of methoxy groups -OCH3 is 1. The molecule has 0 saturated heterocycles. The fourth-order valence-electron chi connectivity index (χ4n) is 1.21. The molecule has 0 radical (unpaired) electrons. The molecule has 0 spiro atoms. The summed E-state index contributed by atoms with van der Waals surface area (Å²) in [6, 6.07) is 1.64. The van der Waals surface area contributed by atoms with Gasteiger partial charge in [-0.2, -0.15) is 0 Å². The molecule has 0 bridgehead atoms. The van der Waals surface area contributed by atoms with Crippen molar-refractivity contribution in [2.75, 3.05) is 7.11 Å². The first-order valence-corrected chi connectivity index (χ1v) is 5.70. The minimum absolute atomic E-state index is 0.218. The second-order valence-electron chi connectivity index (χ2n) is 2.98. The van der Waals surface area contributed by atoms with Gasteiger partial charge in [-0.1, -0.05) is 0 Å². The Bertz CT molecular complexity index is 580. The number of carbonyl (C=O) groups is 1. The number of nitro benzene ring substituents is 1. The highest BCUT2D eigenvalue weighted by Gasteiger charge is 2.23. The largest absolute Gasteiger partial charge is 0.490 e. The Morgan fingerprint density at radius 3 is 2.41 bits per heavy atom. The summed E-state index contributed by atoms with van der Waals surface area (Å²) in [4.78, 5) is 19.9. The second-order valence-corrected chi connectivity index (χ2v) is 4.51. The van der Waals surface area contributed by atoms with Crippen LogP contribution >= 0.6 is 0 Å². The molecule has 0 aliphatic heterocycles. The van der Waals surface area contributed by atoms with Crippen LogP contribution in [0.25, 0.3) is 0 Å². The van der Waals surface area contributed by atoms with Crippen molar-refractivity contribution >= 4 is 22.0 Å². The van der Waals surface area contributed by atoms with Crippen molar-refractivity contribution < 1.29 is 22.9 Å². The lowest BCUT2D eigenvalue weighted by atomic mass is 10.2. The van der Waals surface area contributed by atoms with Crippen LogP contribution in [0.2, 0.25) is 0 Å². The smallest absolute Gasteiger partial charge is 0.312 e. The molecule has 0 fully saturated rings. The van der Waals surface area contributed by atoms with Crippen molar-refractivity contribution in [3.8, 4) is 5.75 Å². The molecule has 0 aromatic heterocycles. The van der Waals surface area contributed by atoms with Gasteiger partial charge < -0.3 is 4.74 Å². The molecular weight excluding hydrogens is 252 g/mol. The summed E-state index contributed by atoms with van der Waals surface area (Å²) in [6.45, 7) is 0. The van der Waals surface area contributed by atoms with Gasteiger partial charge >= 0.3 is 5.69 Å². The van der Waals surface area contributed by atoms with Gasteiger partial charge in [-0.15, -0.1) is 0 Å². The van der Waals surface area contributed by atoms with E-state index in [1.165, 1.54) is 0 Å². The molecule has 0 aliphatic rings. The molecule has 17 heavy (non-hydrogen) atoms. The minimum Gasteiger partial charge on any atom is -0.490 e. The quantitative estimate of drug-likeness (QED) is 0.463. The highest BCUT2D eigenvalue weighted by molar-refractivity contribution is 7.89. The highest BCUT2D eigenvalue weighted by Crippen LogP contribution is 2.31. The average molecular weight is 260 g/mol. The van der Waals surface area contributed by atoms with Crippen LogP contribution in [-0.2, 0) is 10.0 Å². The number of rotatable bonds is 4. The lowest BCUT2D eigenvalue weighted by Crippen LogP contribution is -2.15. The van der Waals surface area contributed by atoms with Gasteiger partial charge in [-0.05, 0) is 6.07 Å². The van der Waals surface area contributed by atoms with E-state index < -0.39 is 25.5 Å². The predicted molar refractivity (Wildman–Crippen MR) is 56.4 cm³/mol. The molecule has 1 aromatic carbocycles. The van der Waals surface area contributed by atoms with Gasteiger partial charge in [0, 0.05) is 11.6 Å². The number of nitrogens with zero attached hydrogens (tertiary/aromatic N) is 1. The van der Waals surface area contributed by atoms with Crippen LogP contribution in [0, 0.1) is 10.1 Å². The zero-order chi connectivity index (χ0) is 13.2. The van der Waals surface area contributed by atoms with Crippen molar-refractivity contribution in [2.24, 2.45) is 5.14 Å². The SMILES string of the molecule is COc1cc(C=O)c(S(N)(=O)=O)cc1[N+](=O)[O-]. The van der Waals surface area contributed by atoms with Crippen molar-refractivity contribution in [2.45, 2.75) is 4.90 Å². The first kappa shape index (κ1) is 13.1. The maximum atomic E-state index is 11.1. The summed E-state index contributed by atoms with van der Waals surface area (Å²) >= 11 is 0. The van der Waals surface area contributed by atoms with Crippen molar-refractivity contribution in [1.29, 1.82) is 0 Å². The summed E-state index contributed by atoms with van der Waals surface area (Å²) in [5.41, 5.74) is -0.878. The Kier molecular flexibility index (Phi) is 3.44. The maximum absolute atomic E-state index is 11.1. The van der Waals surface area contributed by atoms with Crippen LogP contribution in [0.15, 0.2) is 17.0 Å². The fraction of sp³-hybridized carbons (Fsp3) is 0.125. The van der Waals surface area contributed by atoms with Gasteiger partial charge in [0.2, 0.25) is 10.0 Å². The number of aldehydes is 1. The zero-order valence-electron chi connectivity index (χ0n) is 8.61. The van der Waals surface area contributed by atoms with Gasteiger partial charge in [-0.3, -0.25) is 14.9 Å². The van der Waals surface area contributed by atoms with E-state index in [4.69, 9.17) is 5.14 Å². The van der Waals surface area contributed by atoms with Crippen molar-refractivity contribution in [1.82, 2.24) is 0 Å². The third kappa shape index (κ3) is 2.57. The van der Waals surface area contributed by atoms with E-state index in [1.54, 1.807) is 0 Å². The number of benzene rings is 1. The minimum atomic E-state index is -4.22. The average Bonchev–Trinajstić information content (AvgIpc) is 2.25. The summed E-state index contributed by atoms with van der Waals surface area (Å²) in [6.07, 6.45) is 0.228. The third-order valence-electron chi connectivity index (χ3n) is 1.94. The Morgan fingerprint density at radius 2 is 2.06 bits per heavy atom. The molecule has 9 heteroatoms. The first-order valence-electron chi connectivity index (χ1n) is 4.15. The van der Waals surface area contributed by atoms with Gasteiger partial charge in [0.15, 0.2) is 12.0 Å². The van der Waals surface area contributed by atoms with Gasteiger partial charge in [-0.25, -0.2) is 13.6 Å². The van der Waals surface area contributed by atoms with E-state index in [0.717, 1.165) is 13.2 Å². The topological polar surface area (TPSA) is 130 Å². The molecule has 1 aromatic rings. The zero-order valence-corrected chi connectivity index (χ0v) is 9.43. The second kappa shape index (κ2) is 4.47. The van der Waals surface area contributed by atoms with Crippen molar-refractivity contribution in [3.05, 3.63) is 27.8 Å². The van der Waals surface area contributed by atoms with E-state index in [2.05, 4.69) is 4.74 Å². The number of hydrogen-bond donors (Lipinski definition) is 1. The standard InChI is InChI=1S/C8H8N2O6S/c1-16-7-2-5(4-11)8(17(9,14)15)3-6(7)10(12)13/h2-4H,1H3,(H2,9,14,15). The van der Waals surface area contributed by atoms with E-state index >= 15 is 0 Å². The monoisotopic (exact) mass is 260 g/mol. The van der Waals surface area contributed by atoms with E-state index in [9.17, 15) is 23.3 Å². The number of ether oxygens (including phenoxy) is 1. The molecule has 0 unspecified atom stereocenters. The van der Waals surface area contributed by atoms with E-state index in [-0.39, 0.29) is 17.6 Å². The van der Waals surface area contributed by atoms with E-state index in [1.807, 2.05) is 0 Å². The van der Waals surface area contributed by atoms with Crippen LogP contribution in [0.4, 0.5) is 5.69 Å². The highest BCUT2D eigenvalue weighted by atomic mass is 32.2. The number of nitrogens with two attached hydrogens (primary N) is 1. The molecule has 0 heterocycles. The molecular formula is C8H8N2O6S. The predicted octanol–water partition coefficient (Wildman–Crippen LogP) is 0.0633. The van der Waals surface area contributed by atoms with Crippen LogP contribution in [0.5, 0.6) is 5.75 Å². The van der Waals surface area contributed by atoms with Crippen LogP contribution in [-0.4, -0.2) is 26.7 Å². The Labute approximate surface area is 96.2 Å². The lowest BCUT2D eigenvalue weighted by Gasteiger charge is -2.06. The fourth-order valence-corrected chi connectivity index (χ4v) is 1.92. The molecule has 2 N–H and O–H groups in total. The number of nitro groups is 1. The summed E-state index contributed by atoms with van der Waals surface area (Å²) < 4.78 is 27.0. The molecule has 1 rings (SSSR count). The number of carbonyl (C=O) groups excluding carboxylic acids is 1. The summed E-state index contributed by atoms with van der Waals surface area (Å²) in [7, 11) is -3.06.